The van der Waals surface area contributed by atoms with Gasteiger partial charge in [-0.2, -0.15) is 0 Å². The van der Waals surface area contributed by atoms with E-state index in [1.54, 1.807) is 18.9 Å². The Kier molecular flexibility index (Phi) is 4.98. The van der Waals surface area contributed by atoms with Crippen molar-refractivity contribution in [3.8, 4) is 0 Å². The van der Waals surface area contributed by atoms with Gasteiger partial charge in [0, 0.05) is 25.1 Å². The molecule has 0 aliphatic rings. The number of anilines is 1. The normalized spacial score (nSPS) is 10.6. The third-order valence-corrected chi connectivity index (χ3v) is 3.92. The van der Waals surface area contributed by atoms with Gasteiger partial charge in [0.2, 0.25) is 0 Å². The van der Waals surface area contributed by atoms with E-state index in [4.69, 9.17) is 4.74 Å². The maximum absolute atomic E-state index is 5.11. The lowest BCUT2D eigenvalue weighted by atomic mass is 10.2. The summed E-state index contributed by atoms with van der Waals surface area (Å²) in [6.45, 7) is 4.63. The summed E-state index contributed by atoms with van der Waals surface area (Å²) in [4.78, 5) is 10.1. The summed E-state index contributed by atoms with van der Waals surface area (Å²) in [7, 11) is 3.50. The van der Waals surface area contributed by atoms with Gasteiger partial charge in [0.25, 0.3) is 0 Å². The Bertz CT molecular complexity index is 602. The Hall–Kier alpha value is -1.59. The smallest absolute Gasteiger partial charge is 0.157 e. The van der Waals surface area contributed by atoms with Crippen molar-refractivity contribution in [2.45, 2.75) is 30.4 Å². The second kappa shape index (κ2) is 6.72. The highest BCUT2D eigenvalue weighted by molar-refractivity contribution is 7.99. The molecular weight excluding hydrogens is 270 g/mol. The van der Waals surface area contributed by atoms with Crippen LogP contribution in [-0.4, -0.2) is 24.1 Å². The molecule has 0 saturated heterocycles. The minimum absolute atomic E-state index is 0.413. The molecule has 2 aromatic rings. The van der Waals surface area contributed by atoms with Crippen LogP contribution in [0.15, 0.2) is 34.2 Å². The summed E-state index contributed by atoms with van der Waals surface area (Å²) in [5.74, 6) is 1.49. The van der Waals surface area contributed by atoms with Gasteiger partial charge in [0.1, 0.15) is 17.5 Å². The van der Waals surface area contributed by atoms with Crippen LogP contribution in [0.4, 0.5) is 5.82 Å². The first kappa shape index (κ1) is 14.8. The maximum Gasteiger partial charge on any atom is 0.157 e. The zero-order chi connectivity index (χ0) is 14.5. The lowest BCUT2D eigenvalue weighted by Gasteiger charge is -2.09. The van der Waals surface area contributed by atoms with Gasteiger partial charge >= 0.3 is 0 Å². The standard InChI is InChI=1S/C15H19N3OS/c1-10-5-6-12(11(2)7-10)20-15-8-13(16-3)17-14(18-15)9-19-4/h5-8H,9H2,1-4H3,(H,16,17,18). The largest absolute Gasteiger partial charge is 0.377 e. The molecule has 0 unspecified atom stereocenters. The van der Waals surface area contributed by atoms with E-state index < -0.39 is 0 Å². The first-order chi connectivity index (χ1) is 9.62. The third kappa shape index (κ3) is 3.71. The topological polar surface area (TPSA) is 47.0 Å². The van der Waals surface area contributed by atoms with Crippen molar-refractivity contribution in [3.05, 3.63) is 41.2 Å². The van der Waals surface area contributed by atoms with Gasteiger partial charge < -0.3 is 10.1 Å². The Labute approximate surface area is 124 Å². The fourth-order valence-corrected chi connectivity index (χ4v) is 2.78. The van der Waals surface area contributed by atoms with E-state index in [2.05, 4.69) is 47.3 Å². The molecule has 0 aliphatic heterocycles. The van der Waals surface area contributed by atoms with E-state index >= 15 is 0 Å². The first-order valence-electron chi connectivity index (χ1n) is 6.42. The lowest BCUT2D eigenvalue weighted by molar-refractivity contribution is 0.177. The molecule has 1 N–H and O–H groups in total. The van der Waals surface area contributed by atoms with Crippen molar-refractivity contribution in [2.75, 3.05) is 19.5 Å². The number of nitrogens with one attached hydrogen (secondary N) is 1. The Balaban J connectivity index is 2.29. The number of methoxy groups -OCH3 is 1. The second-order valence-electron chi connectivity index (χ2n) is 4.56. The van der Waals surface area contributed by atoms with Crippen LogP contribution < -0.4 is 5.32 Å². The molecule has 1 aromatic heterocycles. The van der Waals surface area contributed by atoms with Crippen LogP contribution in [0.2, 0.25) is 0 Å². The molecule has 0 radical (unpaired) electrons. The predicted molar refractivity (Wildman–Crippen MR) is 82.3 cm³/mol. The number of ether oxygens (including phenoxy) is 1. The Morgan fingerprint density at radius 2 is 2.00 bits per heavy atom. The number of nitrogens with zero attached hydrogens (tertiary/aromatic N) is 2. The summed E-state index contributed by atoms with van der Waals surface area (Å²) in [6, 6.07) is 8.37. The van der Waals surface area contributed by atoms with Crippen LogP contribution in [0.25, 0.3) is 0 Å². The highest BCUT2D eigenvalue weighted by Crippen LogP contribution is 2.30. The molecular formula is C15H19N3OS. The molecule has 2 rings (SSSR count). The van der Waals surface area contributed by atoms with Gasteiger partial charge in [-0.05, 0) is 25.5 Å². The van der Waals surface area contributed by atoms with Gasteiger partial charge in [-0.15, -0.1) is 0 Å². The third-order valence-electron chi connectivity index (χ3n) is 2.82. The summed E-state index contributed by atoms with van der Waals surface area (Å²) in [6.07, 6.45) is 0. The van der Waals surface area contributed by atoms with Gasteiger partial charge in [0.05, 0.1) is 0 Å². The fourth-order valence-electron chi connectivity index (χ4n) is 1.87. The van der Waals surface area contributed by atoms with Gasteiger partial charge in [0.15, 0.2) is 5.82 Å². The van der Waals surface area contributed by atoms with Crippen LogP contribution in [-0.2, 0) is 11.3 Å². The number of aryl methyl sites for hydroxylation is 2. The molecule has 0 fully saturated rings. The number of aromatic nitrogens is 2. The van der Waals surface area contributed by atoms with Crippen LogP contribution in [0.1, 0.15) is 17.0 Å². The summed E-state index contributed by atoms with van der Waals surface area (Å²) in [5, 5.41) is 3.98. The molecule has 0 aliphatic carbocycles. The van der Waals surface area contributed by atoms with Gasteiger partial charge in [-0.25, -0.2) is 9.97 Å². The Morgan fingerprint density at radius 1 is 1.20 bits per heavy atom. The summed E-state index contributed by atoms with van der Waals surface area (Å²) in [5.41, 5.74) is 2.53. The second-order valence-corrected chi connectivity index (χ2v) is 5.62. The molecule has 1 aromatic carbocycles. The van der Waals surface area contributed by atoms with E-state index in [1.165, 1.54) is 16.0 Å². The molecule has 1 heterocycles. The van der Waals surface area contributed by atoms with Crippen molar-refractivity contribution in [1.29, 1.82) is 0 Å². The summed E-state index contributed by atoms with van der Waals surface area (Å²) >= 11 is 1.65. The van der Waals surface area contributed by atoms with Crippen molar-refractivity contribution >= 4 is 17.6 Å². The molecule has 5 heteroatoms. The van der Waals surface area contributed by atoms with Crippen molar-refractivity contribution in [3.63, 3.8) is 0 Å². The minimum Gasteiger partial charge on any atom is -0.377 e. The molecule has 0 saturated carbocycles. The zero-order valence-corrected chi connectivity index (χ0v) is 13.0. The van der Waals surface area contributed by atoms with E-state index in [-0.39, 0.29) is 0 Å². The van der Waals surface area contributed by atoms with Crippen molar-refractivity contribution < 1.29 is 4.74 Å². The minimum atomic E-state index is 0.413. The molecule has 106 valence electrons. The lowest BCUT2D eigenvalue weighted by Crippen LogP contribution is -2.02. The van der Waals surface area contributed by atoms with Gasteiger partial charge in [-0.3, -0.25) is 0 Å². The monoisotopic (exact) mass is 289 g/mol. The molecule has 0 spiro atoms. The highest BCUT2D eigenvalue weighted by atomic mass is 32.2. The molecule has 4 nitrogen and oxygen atoms in total. The fraction of sp³-hybridized carbons (Fsp3) is 0.333. The molecule has 0 bridgehead atoms. The Morgan fingerprint density at radius 3 is 2.65 bits per heavy atom. The van der Waals surface area contributed by atoms with Crippen LogP contribution in [0.5, 0.6) is 0 Å². The molecule has 20 heavy (non-hydrogen) atoms. The van der Waals surface area contributed by atoms with Gasteiger partial charge in [-0.1, -0.05) is 29.5 Å². The number of benzene rings is 1. The quantitative estimate of drug-likeness (QED) is 0.854. The van der Waals surface area contributed by atoms with Crippen LogP contribution in [0, 0.1) is 13.8 Å². The predicted octanol–water partition coefficient (Wildman–Crippen LogP) is 3.43. The number of rotatable bonds is 5. The zero-order valence-electron chi connectivity index (χ0n) is 12.2. The van der Waals surface area contributed by atoms with E-state index in [9.17, 15) is 0 Å². The SMILES string of the molecule is CNc1cc(Sc2ccc(C)cc2C)nc(COC)n1. The van der Waals surface area contributed by atoms with E-state index in [1.807, 2.05) is 13.1 Å². The van der Waals surface area contributed by atoms with E-state index in [0.29, 0.717) is 12.4 Å². The molecule has 0 atom stereocenters. The van der Waals surface area contributed by atoms with E-state index in [0.717, 1.165) is 10.8 Å². The summed E-state index contributed by atoms with van der Waals surface area (Å²) < 4.78 is 5.11. The van der Waals surface area contributed by atoms with Crippen LogP contribution >= 0.6 is 11.8 Å². The van der Waals surface area contributed by atoms with Crippen molar-refractivity contribution in [2.24, 2.45) is 0 Å². The molecule has 0 amide bonds. The number of hydrogen-bond acceptors (Lipinski definition) is 5. The highest BCUT2D eigenvalue weighted by Gasteiger charge is 2.07. The first-order valence-corrected chi connectivity index (χ1v) is 7.24. The van der Waals surface area contributed by atoms with Crippen LogP contribution in [0.3, 0.4) is 0 Å². The average Bonchev–Trinajstić information content (AvgIpc) is 2.42. The average molecular weight is 289 g/mol. The number of hydrogen-bond donors (Lipinski definition) is 1. The van der Waals surface area contributed by atoms with Crippen molar-refractivity contribution in [1.82, 2.24) is 9.97 Å². The maximum atomic E-state index is 5.11.